The molecule has 2 aliphatic rings. The zero-order chi connectivity index (χ0) is 17.2. The summed E-state index contributed by atoms with van der Waals surface area (Å²) in [6.07, 6.45) is 4.62. The molecule has 2 aromatic heterocycles. The molecule has 0 amide bonds. The number of piperidine rings is 1. The van der Waals surface area contributed by atoms with E-state index in [0.717, 1.165) is 42.9 Å². The highest BCUT2D eigenvalue weighted by Gasteiger charge is 2.26. The summed E-state index contributed by atoms with van der Waals surface area (Å²) in [4.78, 5) is 26.0. The van der Waals surface area contributed by atoms with Crippen LogP contribution in [0.5, 0.6) is 0 Å². The van der Waals surface area contributed by atoms with Crippen molar-refractivity contribution < 1.29 is 0 Å². The minimum atomic E-state index is -0.376. The molecule has 7 nitrogen and oxygen atoms in total. The number of nitrogens with zero attached hydrogens (tertiary/aromatic N) is 5. The Morgan fingerprint density at radius 1 is 1.36 bits per heavy atom. The fraction of sp³-hybridized carbons (Fsp3) is 0.353. The van der Waals surface area contributed by atoms with E-state index in [1.54, 1.807) is 0 Å². The Labute approximate surface area is 148 Å². The van der Waals surface area contributed by atoms with E-state index >= 15 is 0 Å². The summed E-state index contributed by atoms with van der Waals surface area (Å²) >= 11 is 1.48. The Hall–Kier alpha value is -2.79. The standard InChI is InChI=1S/C17H16N6OS/c1-18-15-14(13-3-2-10-25-13)20-17(21-16(15)24)23-8-5-11(6-9-23)12-4-7-19-22-12/h2-3,7,10-11H,4-6,8-9H2,(H,20,21,24). The highest BCUT2D eigenvalue weighted by Crippen LogP contribution is 2.31. The molecule has 2 aromatic rings. The van der Waals surface area contributed by atoms with E-state index in [1.165, 1.54) is 11.3 Å². The molecule has 4 rings (SSSR count). The summed E-state index contributed by atoms with van der Waals surface area (Å²) in [6.45, 7) is 8.89. The van der Waals surface area contributed by atoms with Gasteiger partial charge in [-0.2, -0.15) is 10.2 Å². The van der Waals surface area contributed by atoms with Crippen LogP contribution in [0.15, 0.2) is 32.5 Å². The van der Waals surface area contributed by atoms with E-state index in [4.69, 9.17) is 6.57 Å². The number of H-pyrrole nitrogens is 1. The van der Waals surface area contributed by atoms with Gasteiger partial charge in [-0.25, -0.2) is 9.83 Å². The third kappa shape index (κ3) is 2.98. The Morgan fingerprint density at radius 2 is 2.20 bits per heavy atom. The van der Waals surface area contributed by atoms with Gasteiger partial charge in [0.2, 0.25) is 5.95 Å². The van der Waals surface area contributed by atoms with Crippen LogP contribution >= 0.6 is 11.3 Å². The summed E-state index contributed by atoms with van der Waals surface area (Å²) in [7, 11) is 0. The van der Waals surface area contributed by atoms with Crippen molar-refractivity contribution in [2.24, 2.45) is 16.1 Å². The lowest BCUT2D eigenvalue weighted by Gasteiger charge is -2.32. The quantitative estimate of drug-likeness (QED) is 0.862. The highest BCUT2D eigenvalue weighted by atomic mass is 32.1. The maximum absolute atomic E-state index is 12.3. The molecule has 0 unspecified atom stereocenters. The largest absolute Gasteiger partial charge is 0.342 e. The van der Waals surface area contributed by atoms with E-state index in [1.807, 2.05) is 23.7 Å². The molecule has 1 N–H and O–H groups in total. The molecule has 1 saturated heterocycles. The Bertz CT molecular complexity index is 929. The highest BCUT2D eigenvalue weighted by molar-refractivity contribution is 7.13. The predicted octanol–water partition coefficient (Wildman–Crippen LogP) is 3.10. The number of thiophene rings is 1. The molecule has 0 aliphatic carbocycles. The van der Waals surface area contributed by atoms with Crippen molar-refractivity contribution >= 4 is 34.9 Å². The van der Waals surface area contributed by atoms with Crippen LogP contribution < -0.4 is 10.5 Å². The van der Waals surface area contributed by atoms with E-state index in [9.17, 15) is 4.79 Å². The van der Waals surface area contributed by atoms with Gasteiger partial charge in [-0.3, -0.25) is 4.79 Å². The zero-order valence-corrected chi connectivity index (χ0v) is 14.3. The van der Waals surface area contributed by atoms with Crippen molar-refractivity contribution in [2.45, 2.75) is 19.3 Å². The second-order valence-electron chi connectivity index (χ2n) is 6.03. The topological polar surface area (TPSA) is 78.1 Å². The molecule has 4 heterocycles. The second kappa shape index (κ2) is 6.61. The maximum Gasteiger partial charge on any atom is 0.276 e. The Morgan fingerprint density at radius 3 is 2.84 bits per heavy atom. The Kier molecular flexibility index (Phi) is 4.15. The van der Waals surface area contributed by atoms with Crippen LogP contribution in [0, 0.1) is 12.5 Å². The van der Waals surface area contributed by atoms with Gasteiger partial charge in [0.1, 0.15) is 0 Å². The monoisotopic (exact) mass is 352 g/mol. The molecule has 1 fully saturated rings. The average molecular weight is 352 g/mol. The van der Waals surface area contributed by atoms with E-state index in [-0.39, 0.29) is 11.2 Å². The molecule has 0 radical (unpaired) electrons. The minimum absolute atomic E-state index is 0.0542. The summed E-state index contributed by atoms with van der Waals surface area (Å²) < 4.78 is 0. The van der Waals surface area contributed by atoms with Crippen molar-refractivity contribution in [3.05, 3.63) is 39.3 Å². The molecule has 0 atom stereocenters. The lowest BCUT2D eigenvalue weighted by atomic mass is 9.91. The molecule has 0 aromatic carbocycles. The molecular weight excluding hydrogens is 336 g/mol. The summed E-state index contributed by atoms with van der Waals surface area (Å²) in [5, 5.41) is 10.1. The number of rotatable bonds is 3. The number of aromatic amines is 1. The van der Waals surface area contributed by atoms with Crippen LogP contribution in [-0.2, 0) is 0 Å². The molecule has 8 heteroatoms. The number of anilines is 1. The van der Waals surface area contributed by atoms with Gasteiger partial charge in [0.25, 0.3) is 11.2 Å². The molecule has 0 saturated carbocycles. The molecular formula is C17H16N6OS. The lowest BCUT2D eigenvalue weighted by molar-refractivity contribution is 0.493. The van der Waals surface area contributed by atoms with Crippen LogP contribution in [0.25, 0.3) is 15.4 Å². The van der Waals surface area contributed by atoms with Crippen LogP contribution in [0.4, 0.5) is 11.6 Å². The van der Waals surface area contributed by atoms with Gasteiger partial charge in [-0.1, -0.05) is 6.07 Å². The molecule has 25 heavy (non-hydrogen) atoms. The average Bonchev–Trinajstić information content (AvgIpc) is 3.35. The zero-order valence-electron chi connectivity index (χ0n) is 13.5. The van der Waals surface area contributed by atoms with Gasteiger partial charge in [-0.05, 0) is 24.3 Å². The number of hydrogen-bond acceptors (Lipinski definition) is 6. The van der Waals surface area contributed by atoms with Crippen LogP contribution in [0.3, 0.4) is 0 Å². The maximum atomic E-state index is 12.3. The first kappa shape index (κ1) is 15.7. The fourth-order valence-electron chi connectivity index (χ4n) is 3.26. The first-order valence-corrected chi connectivity index (χ1v) is 9.03. The number of hydrogen-bond donors (Lipinski definition) is 1. The normalized spacial score (nSPS) is 17.6. The summed E-state index contributed by atoms with van der Waals surface area (Å²) in [5.74, 6) is 0.994. The second-order valence-corrected chi connectivity index (χ2v) is 6.98. The van der Waals surface area contributed by atoms with E-state index < -0.39 is 0 Å². The first-order valence-electron chi connectivity index (χ1n) is 8.15. The van der Waals surface area contributed by atoms with Gasteiger partial charge >= 0.3 is 0 Å². The summed E-state index contributed by atoms with van der Waals surface area (Å²) in [6, 6.07) is 3.78. The van der Waals surface area contributed by atoms with Crippen LogP contribution in [-0.4, -0.2) is 35.0 Å². The van der Waals surface area contributed by atoms with Crippen molar-refractivity contribution in [1.29, 1.82) is 0 Å². The summed E-state index contributed by atoms with van der Waals surface area (Å²) in [5.41, 5.74) is 1.31. The van der Waals surface area contributed by atoms with Gasteiger partial charge in [0.15, 0.2) is 0 Å². The van der Waals surface area contributed by atoms with E-state index in [2.05, 4.69) is 29.9 Å². The van der Waals surface area contributed by atoms with Gasteiger partial charge < -0.3 is 9.88 Å². The Balaban J connectivity index is 1.59. The van der Waals surface area contributed by atoms with Crippen molar-refractivity contribution in [2.75, 3.05) is 18.0 Å². The van der Waals surface area contributed by atoms with Crippen LogP contribution in [0.1, 0.15) is 19.3 Å². The molecule has 0 bridgehead atoms. The van der Waals surface area contributed by atoms with E-state index in [0.29, 0.717) is 17.6 Å². The van der Waals surface area contributed by atoms with Crippen molar-refractivity contribution in [3.8, 4) is 10.6 Å². The minimum Gasteiger partial charge on any atom is -0.342 e. The lowest BCUT2D eigenvalue weighted by Crippen LogP contribution is -2.38. The number of nitrogens with one attached hydrogen (secondary N) is 1. The van der Waals surface area contributed by atoms with Crippen molar-refractivity contribution in [3.63, 3.8) is 0 Å². The fourth-order valence-corrected chi connectivity index (χ4v) is 3.97. The SMILES string of the molecule is [C-]#[N+]c1c(-c2cccs2)nc(N2CCC(C3=NN=CC3)CC2)[nH]c1=O. The molecule has 0 spiro atoms. The molecule has 126 valence electrons. The van der Waals surface area contributed by atoms with Gasteiger partial charge in [0, 0.05) is 42.2 Å². The predicted molar refractivity (Wildman–Crippen MR) is 99.9 cm³/mol. The van der Waals surface area contributed by atoms with Crippen LogP contribution in [0.2, 0.25) is 0 Å². The smallest absolute Gasteiger partial charge is 0.276 e. The third-order valence-corrected chi connectivity index (χ3v) is 5.46. The first-order chi connectivity index (χ1) is 12.3. The number of aromatic nitrogens is 2. The third-order valence-electron chi connectivity index (χ3n) is 4.58. The van der Waals surface area contributed by atoms with Crippen molar-refractivity contribution in [1.82, 2.24) is 9.97 Å². The van der Waals surface area contributed by atoms with Gasteiger partial charge in [0.05, 0.1) is 12.3 Å². The molecule has 2 aliphatic heterocycles. The van der Waals surface area contributed by atoms with Gasteiger partial charge in [-0.15, -0.1) is 11.3 Å².